The number of fused-ring (bicyclic) bond motifs is 3. The molecule has 2 aliphatic rings. The molecule has 0 aromatic heterocycles. The van der Waals surface area contributed by atoms with Crippen LogP contribution in [0.1, 0.15) is 17.5 Å². The van der Waals surface area contributed by atoms with E-state index in [0.29, 0.717) is 0 Å². The minimum atomic E-state index is 0. The molecule has 3 heteroatoms. The number of rotatable bonds is 0. The topological polar surface area (TPSA) is 0 Å². The maximum Gasteiger partial charge on any atom is 0.0213 e. The SMILES string of the molecule is C[SiH]C.[BH4-].[C-]1=CC=CC1.[Nd].[c-]1cccc2c1Cc1ccccc1-2. The molecule has 1 radical (unpaired) electrons. The van der Waals surface area contributed by atoms with Gasteiger partial charge in [0.25, 0.3) is 0 Å². The summed E-state index contributed by atoms with van der Waals surface area (Å²) in [5.41, 5.74) is 5.51. The van der Waals surface area contributed by atoms with Crippen LogP contribution in [0, 0.1) is 53.0 Å². The smallest absolute Gasteiger partial charge is 0.0213 e. The molecule has 0 saturated carbocycles. The maximum absolute atomic E-state index is 3.30. The molecule has 0 spiro atoms. The first-order chi connectivity index (χ1) is 10.4. The van der Waals surface area contributed by atoms with Crippen molar-refractivity contribution in [2.75, 3.05) is 0 Å². The summed E-state index contributed by atoms with van der Waals surface area (Å²) in [7, 11) is 0.750. The quantitative estimate of drug-likeness (QED) is 0.365. The summed E-state index contributed by atoms with van der Waals surface area (Å²) in [5, 5.41) is 0. The van der Waals surface area contributed by atoms with Gasteiger partial charge in [0.1, 0.15) is 0 Å². The molecule has 0 amide bonds. The van der Waals surface area contributed by atoms with Crippen LogP contribution >= 0.6 is 0 Å². The Labute approximate surface area is 178 Å². The molecular formula is C20H25BNdSi-3. The third kappa shape index (κ3) is 6.90. The van der Waals surface area contributed by atoms with Crippen LogP contribution in [0.25, 0.3) is 11.1 Å². The summed E-state index contributed by atoms with van der Waals surface area (Å²) in [4.78, 5) is 0. The van der Waals surface area contributed by atoms with Gasteiger partial charge in [0, 0.05) is 50.4 Å². The standard InChI is InChI=1S/C13H9.C5H5.C2H7Si.BH4.Nd/c1-3-7-12-10(5-1)9-11-6-2-4-8-13(11)12;1-2-4-5-3-1;1-3-2;;/h1-5,7-8H,9H2;1-3H,4H2;3H,1-2H3;1H4;/q2*-1;;-1;. The summed E-state index contributed by atoms with van der Waals surface area (Å²) in [6.07, 6.45) is 11.0. The van der Waals surface area contributed by atoms with Gasteiger partial charge in [0.15, 0.2) is 0 Å². The fraction of sp³-hybridized carbons (Fsp3) is 0.200. The summed E-state index contributed by atoms with van der Waals surface area (Å²) >= 11 is 0. The fourth-order valence-corrected chi connectivity index (χ4v) is 2.34. The van der Waals surface area contributed by atoms with Crippen molar-refractivity contribution in [3.63, 3.8) is 0 Å². The van der Waals surface area contributed by atoms with Crippen molar-refractivity contribution in [3.05, 3.63) is 84.0 Å². The van der Waals surface area contributed by atoms with E-state index >= 15 is 0 Å². The van der Waals surface area contributed by atoms with E-state index in [1.165, 1.54) is 22.3 Å². The van der Waals surface area contributed by atoms with Crippen molar-refractivity contribution in [3.8, 4) is 11.1 Å². The number of hydrogen-bond donors (Lipinski definition) is 0. The van der Waals surface area contributed by atoms with Crippen LogP contribution in [0.4, 0.5) is 0 Å². The Kier molecular flexibility index (Phi) is 12.7. The van der Waals surface area contributed by atoms with Gasteiger partial charge < -0.3 is 0 Å². The summed E-state index contributed by atoms with van der Waals surface area (Å²) in [6.45, 7) is 4.42. The molecule has 2 aromatic carbocycles. The molecule has 0 saturated heterocycles. The Morgan fingerprint density at radius 2 is 1.70 bits per heavy atom. The number of allylic oxidation sites excluding steroid dienone is 4. The number of benzene rings is 2. The molecule has 0 atom stereocenters. The van der Waals surface area contributed by atoms with E-state index in [1.54, 1.807) is 0 Å². The van der Waals surface area contributed by atoms with E-state index in [9.17, 15) is 0 Å². The van der Waals surface area contributed by atoms with E-state index in [2.05, 4.69) is 67.7 Å². The van der Waals surface area contributed by atoms with Crippen molar-refractivity contribution < 1.29 is 40.8 Å². The van der Waals surface area contributed by atoms with Gasteiger partial charge in [0.05, 0.1) is 0 Å². The number of hydrogen-bond acceptors (Lipinski definition) is 0. The van der Waals surface area contributed by atoms with Crippen LogP contribution in [-0.4, -0.2) is 17.9 Å². The first kappa shape index (κ1) is 22.6. The van der Waals surface area contributed by atoms with E-state index in [1.807, 2.05) is 18.2 Å². The van der Waals surface area contributed by atoms with Gasteiger partial charge >= 0.3 is 0 Å². The summed E-state index contributed by atoms with van der Waals surface area (Å²) < 4.78 is 0. The van der Waals surface area contributed by atoms with E-state index < -0.39 is 0 Å². The Morgan fingerprint density at radius 1 is 1.00 bits per heavy atom. The summed E-state index contributed by atoms with van der Waals surface area (Å²) in [5.74, 6) is 0. The zero-order valence-corrected chi connectivity index (χ0v) is 17.6. The van der Waals surface area contributed by atoms with Crippen LogP contribution in [0.3, 0.4) is 0 Å². The normalized spacial score (nSPS) is 11.6. The molecule has 2 aromatic rings. The Balaban J connectivity index is 0.000000413. The van der Waals surface area contributed by atoms with Crippen LogP contribution in [0.2, 0.25) is 13.1 Å². The largest absolute Gasteiger partial charge is 0.273 e. The molecule has 0 heterocycles. The monoisotopic (exact) mass is 446 g/mol. The van der Waals surface area contributed by atoms with Gasteiger partial charge in [-0.05, 0) is 6.42 Å². The average Bonchev–Trinajstić information content (AvgIpc) is 3.19. The molecule has 0 fully saturated rings. The second-order valence-electron chi connectivity index (χ2n) is 4.98. The first-order valence-electron chi connectivity index (χ1n) is 7.40. The minimum Gasteiger partial charge on any atom is -0.273 e. The van der Waals surface area contributed by atoms with E-state index in [-0.39, 0.29) is 49.3 Å². The maximum atomic E-state index is 3.30. The molecule has 0 nitrogen and oxygen atoms in total. The van der Waals surface area contributed by atoms with Crippen molar-refractivity contribution in [1.82, 2.24) is 0 Å². The average molecular weight is 449 g/mol. The Morgan fingerprint density at radius 3 is 2.30 bits per heavy atom. The zero-order valence-electron chi connectivity index (χ0n) is 13.3. The van der Waals surface area contributed by atoms with Crippen LogP contribution in [0.15, 0.2) is 60.7 Å². The predicted octanol–water partition coefficient (Wildman–Crippen LogP) is 3.43. The molecular weight excluding hydrogens is 423 g/mol. The molecule has 2 aliphatic carbocycles. The molecule has 0 bridgehead atoms. The third-order valence-electron chi connectivity index (χ3n) is 3.20. The van der Waals surface area contributed by atoms with Crippen molar-refractivity contribution >= 4 is 17.9 Å². The van der Waals surface area contributed by atoms with Crippen molar-refractivity contribution in [2.45, 2.75) is 25.9 Å². The van der Waals surface area contributed by atoms with E-state index in [4.69, 9.17) is 0 Å². The van der Waals surface area contributed by atoms with Crippen LogP contribution in [0.5, 0.6) is 0 Å². The predicted molar refractivity (Wildman–Crippen MR) is 105 cm³/mol. The van der Waals surface area contributed by atoms with Gasteiger partial charge in [-0.25, -0.2) is 12.2 Å². The van der Waals surface area contributed by atoms with Gasteiger partial charge in [-0.3, -0.25) is 6.08 Å². The zero-order chi connectivity index (χ0) is 14.9. The second kappa shape index (κ2) is 12.9. The molecule has 0 N–H and O–H groups in total. The molecule has 0 unspecified atom stereocenters. The molecule has 4 rings (SSSR count). The molecule has 119 valence electrons. The van der Waals surface area contributed by atoms with E-state index in [0.717, 1.165) is 22.4 Å². The summed E-state index contributed by atoms with van der Waals surface area (Å²) in [6, 6.07) is 18.1. The van der Waals surface area contributed by atoms with Crippen LogP contribution < -0.4 is 0 Å². The molecule has 23 heavy (non-hydrogen) atoms. The fourth-order valence-electron chi connectivity index (χ4n) is 2.34. The second-order valence-corrected chi connectivity index (χ2v) is 6.13. The minimum absolute atomic E-state index is 0. The third-order valence-corrected chi connectivity index (χ3v) is 3.20. The Bertz CT molecular complexity index is 582. The van der Waals surface area contributed by atoms with Crippen molar-refractivity contribution in [1.29, 1.82) is 0 Å². The van der Waals surface area contributed by atoms with Gasteiger partial charge in [-0.15, -0.1) is 12.0 Å². The Hall–Kier alpha value is -0.448. The van der Waals surface area contributed by atoms with Crippen molar-refractivity contribution in [2.24, 2.45) is 0 Å². The van der Waals surface area contributed by atoms with Gasteiger partial charge in [-0.1, -0.05) is 56.9 Å². The van der Waals surface area contributed by atoms with Gasteiger partial charge in [-0.2, -0.15) is 35.9 Å². The van der Waals surface area contributed by atoms with Crippen LogP contribution in [-0.2, 0) is 6.42 Å². The van der Waals surface area contributed by atoms with Gasteiger partial charge in [0.2, 0.25) is 0 Å². The first-order valence-corrected chi connectivity index (χ1v) is 9.71. The molecule has 0 aliphatic heterocycles.